The van der Waals surface area contributed by atoms with Crippen molar-refractivity contribution in [3.05, 3.63) is 0 Å². The summed E-state index contributed by atoms with van der Waals surface area (Å²) in [6.45, 7) is 9.70. The maximum atomic E-state index is 5.82. The number of hydrogen-bond donors (Lipinski definition) is 2. The van der Waals surface area contributed by atoms with E-state index < -0.39 is 0 Å². The van der Waals surface area contributed by atoms with Crippen LogP contribution in [0.3, 0.4) is 0 Å². The molecule has 0 aromatic rings. The zero-order valence-corrected chi connectivity index (χ0v) is 12.4. The zero-order chi connectivity index (χ0) is 13.6. The van der Waals surface area contributed by atoms with Gasteiger partial charge in [-0.15, -0.1) is 0 Å². The molecule has 1 atom stereocenters. The van der Waals surface area contributed by atoms with Crippen LogP contribution in [-0.2, 0) is 4.74 Å². The second-order valence-electron chi connectivity index (χ2n) is 4.62. The first kappa shape index (κ1) is 17.2. The highest BCUT2D eigenvalue weighted by atomic mass is 16.5. The molecule has 0 aliphatic carbocycles. The lowest BCUT2D eigenvalue weighted by Crippen LogP contribution is -2.33. The van der Waals surface area contributed by atoms with Gasteiger partial charge in [-0.25, -0.2) is 0 Å². The van der Waals surface area contributed by atoms with Crippen LogP contribution in [0.1, 0.15) is 52.9 Å². The van der Waals surface area contributed by atoms with Crippen molar-refractivity contribution in [3.63, 3.8) is 0 Å². The largest absolute Gasteiger partial charge is 0.382 e. The van der Waals surface area contributed by atoms with Crippen LogP contribution >= 0.6 is 0 Å². The summed E-state index contributed by atoms with van der Waals surface area (Å²) in [5, 5.41) is 3.12. The lowest BCUT2D eigenvalue weighted by Gasteiger charge is -2.12. The molecule has 3 N–H and O–H groups in total. The van der Waals surface area contributed by atoms with E-state index in [1.807, 2.05) is 6.92 Å². The molecule has 4 nitrogen and oxygen atoms in total. The van der Waals surface area contributed by atoms with Gasteiger partial charge in [0.25, 0.3) is 0 Å². The Morgan fingerprint density at radius 1 is 1.28 bits per heavy atom. The molecule has 0 saturated heterocycles. The van der Waals surface area contributed by atoms with Crippen molar-refractivity contribution >= 4 is 5.96 Å². The first-order chi connectivity index (χ1) is 8.74. The van der Waals surface area contributed by atoms with Gasteiger partial charge in [0.05, 0.1) is 0 Å². The maximum Gasteiger partial charge on any atom is 0.188 e. The van der Waals surface area contributed by atoms with Gasteiger partial charge in [-0.2, -0.15) is 0 Å². The van der Waals surface area contributed by atoms with Crippen LogP contribution < -0.4 is 11.1 Å². The lowest BCUT2D eigenvalue weighted by atomic mass is 10.00. The Hall–Kier alpha value is -0.770. The van der Waals surface area contributed by atoms with Gasteiger partial charge in [0.15, 0.2) is 5.96 Å². The van der Waals surface area contributed by atoms with E-state index in [-0.39, 0.29) is 0 Å². The number of unbranched alkanes of at least 4 members (excludes halogenated alkanes) is 1. The summed E-state index contributed by atoms with van der Waals surface area (Å²) in [7, 11) is 0. The lowest BCUT2D eigenvalue weighted by molar-refractivity contribution is 0.145. The topological polar surface area (TPSA) is 59.6 Å². The summed E-state index contributed by atoms with van der Waals surface area (Å²) >= 11 is 0. The molecule has 0 amide bonds. The Balaban J connectivity index is 3.66. The number of guanidine groups is 1. The molecule has 0 spiro atoms. The quantitative estimate of drug-likeness (QED) is 0.340. The first-order valence-electron chi connectivity index (χ1n) is 7.36. The molecule has 0 bridgehead atoms. The van der Waals surface area contributed by atoms with Crippen LogP contribution in [0.15, 0.2) is 4.99 Å². The average molecular weight is 257 g/mol. The molecule has 0 heterocycles. The van der Waals surface area contributed by atoms with Gasteiger partial charge in [0.1, 0.15) is 0 Å². The molecule has 0 aromatic heterocycles. The van der Waals surface area contributed by atoms with E-state index in [2.05, 4.69) is 24.2 Å². The fourth-order valence-corrected chi connectivity index (χ4v) is 1.74. The Bertz CT molecular complexity index is 207. The van der Waals surface area contributed by atoms with E-state index in [1.165, 1.54) is 25.7 Å². The second kappa shape index (κ2) is 12.7. The van der Waals surface area contributed by atoms with Crippen molar-refractivity contribution in [2.45, 2.75) is 52.9 Å². The van der Waals surface area contributed by atoms with Gasteiger partial charge >= 0.3 is 0 Å². The molecule has 0 aliphatic rings. The summed E-state index contributed by atoms with van der Waals surface area (Å²) in [5.74, 6) is 1.25. The van der Waals surface area contributed by atoms with Gasteiger partial charge in [0.2, 0.25) is 0 Å². The van der Waals surface area contributed by atoms with Gasteiger partial charge in [-0.1, -0.05) is 33.1 Å². The minimum Gasteiger partial charge on any atom is -0.382 e. The SMILES string of the molecule is CCCCC(CC)CN=C(N)NCCCOCC. The van der Waals surface area contributed by atoms with Crippen molar-refractivity contribution < 1.29 is 4.74 Å². The molecule has 0 fully saturated rings. The maximum absolute atomic E-state index is 5.82. The van der Waals surface area contributed by atoms with Gasteiger partial charge in [-0.05, 0) is 25.7 Å². The molecule has 108 valence electrons. The molecule has 0 aromatic carbocycles. The number of aliphatic imine (C=N–C) groups is 1. The monoisotopic (exact) mass is 257 g/mol. The normalized spacial score (nSPS) is 13.6. The summed E-state index contributed by atoms with van der Waals surface area (Å²) in [4.78, 5) is 4.41. The van der Waals surface area contributed by atoms with Crippen molar-refractivity contribution in [2.75, 3.05) is 26.3 Å². The Kier molecular flexibility index (Phi) is 12.1. The van der Waals surface area contributed by atoms with Crippen molar-refractivity contribution in [1.82, 2.24) is 5.32 Å². The van der Waals surface area contributed by atoms with E-state index in [1.54, 1.807) is 0 Å². The molecule has 0 rings (SSSR count). The van der Waals surface area contributed by atoms with Crippen LogP contribution in [0, 0.1) is 5.92 Å². The molecular formula is C14H31N3O. The minimum atomic E-state index is 0.571. The van der Waals surface area contributed by atoms with E-state index in [0.717, 1.165) is 32.7 Å². The van der Waals surface area contributed by atoms with Gasteiger partial charge < -0.3 is 15.8 Å². The Labute approximate surface area is 112 Å². The highest BCUT2D eigenvalue weighted by molar-refractivity contribution is 5.77. The Morgan fingerprint density at radius 2 is 2.06 bits per heavy atom. The van der Waals surface area contributed by atoms with Crippen molar-refractivity contribution in [3.8, 4) is 0 Å². The smallest absolute Gasteiger partial charge is 0.188 e. The zero-order valence-electron chi connectivity index (χ0n) is 12.4. The predicted octanol–water partition coefficient (Wildman–Crippen LogP) is 2.53. The highest BCUT2D eigenvalue weighted by Crippen LogP contribution is 2.12. The number of nitrogens with zero attached hydrogens (tertiary/aromatic N) is 1. The summed E-state index contributed by atoms with van der Waals surface area (Å²) in [6.07, 6.45) is 5.95. The van der Waals surface area contributed by atoms with Crippen molar-refractivity contribution in [1.29, 1.82) is 0 Å². The standard InChI is InChI=1S/C14H31N3O/c1-4-7-9-13(5-2)12-17-14(15)16-10-8-11-18-6-3/h13H,4-12H2,1-3H3,(H3,15,16,17). The highest BCUT2D eigenvalue weighted by Gasteiger charge is 2.04. The summed E-state index contributed by atoms with van der Waals surface area (Å²) < 4.78 is 5.25. The summed E-state index contributed by atoms with van der Waals surface area (Å²) in [5.41, 5.74) is 5.82. The van der Waals surface area contributed by atoms with E-state index in [4.69, 9.17) is 10.5 Å². The van der Waals surface area contributed by atoms with E-state index in [0.29, 0.717) is 11.9 Å². The number of nitrogens with one attached hydrogen (secondary N) is 1. The van der Waals surface area contributed by atoms with Crippen LogP contribution in [-0.4, -0.2) is 32.3 Å². The van der Waals surface area contributed by atoms with Gasteiger partial charge in [-0.3, -0.25) is 4.99 Å². The molecule has 18 heavy (non-hydrogen) atoms. The fraction of sp³-hybridized carbons (Fsp3) is 0.929. The summed E-state index contributed by atoms with van der Waals surface area (Å²) in [6, 6.07) is 0. The van der Waals surface area contributed by atoms with E-state index in [9.17, 15) is 0 Å². The molecule has 1 unspecified atom stereocenters. The van der Waals surface area contributed by atoms with Crippen LogP contribution in [0.4, 0.5) is 0 Å². The number of rotatable bonds is 11. The van der Waals surface area contributed by atoms with Crippen molar-refractivity contribution in [2.24, 2.45) is 16.6 Å². The molecule has 0 aliphatic heterocycles. The minimum absolute atomic E-state index is 0.571. The second-order valence-corrected chi connectivity index (χ2v) is 4.62. The Morgan fingerprint density at radius 3 is 2.67 bits per heavy atom. The van der Waals surface area contributed by atoms with Crippen LogP contribution in [0.25, 0.3) is 0 Å². The van der Waals surface area contributed by atoms with Crippen LogP contribution in [0.5, 0.6) is 0 Å². The molecule has 4 heteroatoms. The number of ether oxygens (including phenoxy) is 1. The molecule has 0 saturated carbocycles. The van der Waals surface area contributed by atoms with Crippen LogP contribution in [0.2, 0.25) is 0 Å². The number of hydrogen-bond acceptors (Lipinski definition) is 2. The predicted molar refractivity (Wildman–Crippen MR) is 78.9 cm³/mol. The number of nitrogens with two attached hydrogens (primary N) is 1. The molecule has 0 radical (unpaired) electrons. The third-order valence-corrected chi connectivity index (χ3v) is 3.04. The molecular weight excluding hydrogens is 226 g/mol. The first-order valence-corrected chi connectivity index (χ1v) is 7.36. The average Bonchev–Trinajstić information content (AvgIpc) is 2.39. The fourth-order valence-electron chi connectivity index (χ4n) is 1.74. The third-order valence-electron chi connectivity index (χ3n) is 3.04. The van der Waals surface area contributed by atoms with Gasteiger partial charge in [0, 0.05) is 26.3 Å². The van der Waals surface area contributed by atoms with E-state index >= 15 is 0 Å². The third kappa shape index (κ3) is 10.4.